The third-order valence-electron chi connectivity index (χ3n) is 10.3. The third kappa shape index (κ3) is 4.69. The zero-order valence-electron chi connectivity index (χ0n) is 26.1. The first-order valence-corrected chi connectivity index (χ1v) is 15.8. The normalized spacial score (nSPS) is 19.6. The lowest BCUT2D eigenvalue weighted by molar-refractivity contribution is 0.263. The van der Waals surface area contributed by atoms with Crippen molar-refractivity contribution in [2.45, 2.75) is 37.6 Å². The van der Waals surface area contributed by atoms with E-state index in [4.69, 9.17) is 10.2 Å². The topological polar surface area (TPSA) is 39.2 Å². The summed E-state index contributed by atoms with van der Waals surface area (Å²) >= 11 is 0. The average Bonchev–Trinajstić information content (AvgIpc) is 3.76. The van der Waals surface area contributed by atoms with Gasteiger partial charge in [0.15, 0.2) is 0 Å². The molecule has 4 aromatic rings. The molecule has 222 valence electrons. The van der Waals surface area contributed by atoms with Crippen molar-refractivity contribution in [1.82, 2.24) is 0 Å². The van der Waals surface area contributed by atoms with Crippen LogP contribution in [0.15, 0.2) is 150 Å². The second-order valence-corrected chi connectivity index (χ2v) is 12.7. The van der Waals surface area contributed by atoms with Gasteiger partial charge in [-0.1, -0.05) is 135 Å². The lowest BCUT2D eigenvalue weighted by atomic mass is 9.58. The SMILES string of the molecule is C=Cc1oc2ccccc2c1C(C)(c1ccc(C2=CC3=C(CC2)C(=C)/C=C\C=Cc2ccccc23)cc1)C(C)(N)C1C=CC=C1. The number of rotatable bonds is 6. The van der Waals surface area contributed by atoms with Crippen molar-refractivity contribution in [3.8, 4) is 0 Å². The Morgan fingerprint density at radius 1 is 0.844 bits per heavy atom. The quantitative estimate of drug-likeness (QED) is 0.244. The lowest BCUT2D eigenvalue weighted by Crippen LogP contribution is -2.59. The Kier molecular flexibility index (Phi) is 7.19. The minimum Gasteiger partial charge on any atom is -0.456 e. The molecule has 2 unspecified atom stereocenters. The molecular formula is C43H39NO. The van der Waals surface area contributed by atoms with Crippen LogP contribution < -0.4 is 5.73 Å². The second-order valence-electron chi connectivity index (χ2n) is 12.7. The number of furan rings is 1. The molecule has 0 saturated carbocycles. The van der Waals surface area contributed by atoms with Gasteiger partial charge in [0, 0.05) is 27.8 Å². The number of para-hydroxylation sites is 1. The highest BCUT2D eigenvalue weighted by atomic mass is 16.3. The summed E-state index contributed by atoms with van der Waals surface area (Å²) in [6, 6.07) is 25.9. The summed E-state index contributed by atoms with van der Waals surface area (Å²) in [6.07, 6.45) is 23.2. The van der Waals surface area contributed by atoms with Gasteiger partial charge >= 0.3 is 0 Å². The molecule has 7 rings (SSSR count). The molecule has 0 bridgehead atoms. The van der Waals surface area contributed by atoms with E-state index in [0.717, 1.165) is 46.3 Å². The minimum absolute atomic E-state index is 0.0552. The van der Waals surface area contributed by atoms with Gasteiger partial charge < -0.3 is 10.2 Å². The molecule has 3 aliphatic carbocycles. The monoisotopic (exact) mass is 585 g/mol. The van der Waals surface area contributed by atoms with Crippen molar-refractivity contribution in [3.63, 3.8) is 0 Å². The van der Waals surface area contributed by atoms with Crippen LogP contribution in [0.3, 0.4) is 0 Å². The van der Waals surface area contributed by atoms with Gasteiger partial charge in [0.1, 0.15) is 11.3 Å². The van der Waals surface area contributed by atoms with Crippen LogP contribution in [0.4, 0.5) is 0 Å². The van der Waals surface area contributed by atoms with E-state index in [1.54, 1.807) is 0 Å². The number of hydrogen-bond acceptors (Lipinski definition) is 2. The maximum absolute atomic E-state index is 7.48. The summed E-state index contributed by atoms with van der Waals surface area (Å²) in [7, 11) is 0. The smallest absolute Gasteiger partial charge is 0.135 e. The Morgan fingerprint density at radius 2 is 1.56 bits per heavy atom. The molecule has 2 N–H and O–H groups in total. The van der Waals surface area contributed by atoms with Crippen molar-refractivity contribution in [2.24, 2.45) is 11.7 Å². The van der Waals surface area contributed by atoms with E-state index in [-0.39, 0.29) is 5.92 Å². The predicted octanol–water partition coefficient (Wildman–Crippen LogP) is 10.6. The summed E-state index contributed by atoms with van der Waals surface area (Å²) in [6.45, 7) is 13.0. The first-order valence-electron chi connectivity index (χ1n) is 15.8. The summed E-state index contributed by atoms with van der Waals surface area (Å²) in [5, 5.41) is 1.07. The van der Waals surface area contributed by atoms with Crippen LogP contribution in [0.1, 0.15) is 60.3 Å². The van der Waals surface area contributed by atoms with Gasteiger partial charge in [0.05, 0.1) is 0 Å². The van der Waals surface area contributed by atoms with E-state index in [1.807, 2.05) is 18.2 Å². The van der Waals surface area contributed by atoms with E-state index in [1.165, 1.54) is 33.4 Å². The summed E-state index contributed by atoms with van der Waals surface area (Å²) in [4.78, 5) is 0. The highest BCUT2D eigenvalue weighted by molar-refractivity contribution is 5.93. The van der Waals surface area contributed by atoms with Gasteiger partial charge in [-0.2, -0.15) is 0 Å². The van der Waals surface area contributed by atoms with E-state index in [0.29, 0.717) is 0 Å². The zero-order valence-corrected chi connectivity index (χ0v) is 26.1. The number of hydrogen-bond donors (Lipinski definition) is 1. The Balaban J connectivity index is 1.36. The molecule has 0 spiro atoms. The van der Waals surface area contributed by atoms with E-state index in [9.17, 15) is 0 Å². The molecule has 0 amide bonds. The van der Waals surface area contributed by atoms with E-state index >= 15 is 0 Å². The molecule has 0 aliphatic heterocycles. The molecule has 1 heterocycles. The Bertz CT molecular complexity index is 2010. The Labute approximate surface area is 266 Å². The second kappa shape index (κ2) is 11.2. The molecule has 0 fully saturated rings. The average molecular weight is 586 g/mol. The zero-order chi connectivity index (χ0) is 31.2. The molecule has 3 aromatic carbocycles. The van der Waals surface area contributed by atoms with Crippen LogP contribution in [0, 0.1) is 5.92 Å². The fourth-order valence-corrected chi connectivity index (χ4v) is 7.48. The molecule has 0 radical (unpaired) electrons. The maximum Gasteiger partial charge on any atom is 0.135 e. The molecule has 2 heteroatoms. The molecule has 45 heavy (non-hydrogen) atoms. The molecule has 2 atom stereocenters. The summed E-state index contributed by atoms with van der Waals surface area (Å²) < 4.78 is 6.37. The molecule has 1 aromatic heterocycles. The van der Waals surface area contributed by atoms with Crippen LogP contribution in [0.5, 0.6) is 0 Å². The number of benzene rings is 3. The first kappa shape index (κ1) is 28.8. The van der Waals surface area contributed by atoms with E-state index < -0.39 is 11.0 Å². The van der Waals surface area contributed by atoms with Gasteiger partial charge in [0.2, 0.25) is 0 Å². The van der Waals surface area contributed by atoms with Crippen molar-refractivity contribution < 1.29 is 4.42 Å². The fraction of sp³-hybridized carbons (Fsp3) is 0.163. The molecule has 3 aliphatic rings. The Hall–Kier alpha value is -4.92. The molecule has 2 nitrogen and oxygen atoms in total. The van der Waals surface area contributed by atoms with Gasteiger partial charge in [-0.3, -0.25) is 0 Å². The number of fused-ring (bicyclic) bond motifs is 3. The maximum atomic E-state index is 7.48. The van der Waals surface area contributed by atoms with Crippen LogP contribution in [0.2, 0.25) is 0 Å². The van der Waals surface area contributed by atoms with Gasteiger partial charge in [0.25, 0.3) is 0 Å². The summed E-state index contributed by atoms with van der Waals surface area (Å²) in [5.74, 6) is 0.821. The lowest BCUT2D eigenvalue weighted by Gasteiger charge is -2.47. The van der Waals surface area contributed by atoms with Crippen LogP contribution in [-0.4, -0.2) is 5.54 Å². The molecular weight excluding hydrogens is 546 g/mol. The number of allylic oxidation sites excluding steroid dienone is 10. The van der Waals surface area contributed by atoms with Crippen molar-refractivity contribution in [1.29, 1.82) is 0 Å². The molecule has 0 saturated heterocycles. The Morgan fingerprint density at radius 3 is 2.33 bits per heavy atom. The number of nitrogens with two attached hydrogens (primary N) is 1. The van der Waals surface area contributed by atoms with Crippen LogP contribution in [0.25, 0.3) is 34.3 Å². The standard InChI is InChI=1S/C43H39NO/c1-5-39-41(37-20-12-13-21-40(37)45-39)42(3,43(4,44)34-17-9-10-18-34)33-25-22-30(23-26-33)32-24-27-35-29(2)14-6-7-15-31-16-8-11-19-36(31)38(35)28-32/h5-23,25-26,28,34H,1-2,24,27,44H2,3-4H3/b14-6-,15-7?. The predicted molar refractivity (Wildman–Crippen MR) is 191 cm³/mol. The van der Waals surface area contributed by atoms with Crippen LogP contribution in [-0.2, 0) is 5.41 Å². The van der Waals surface area contributed by atoms with Crippen molar-refractivity contribution >= 4 is 34.3 Å². The highest BCUT2D eigenvalue weighted by Gasteiger charge is 2.50. The van der Waals surface area contributed by atoms with Crippen molar-refractivity contribution in [3.05, 3.63) is 179 Å². The first-order chi connectivity index (χ1) is 21.8. The van der Waals surface area contributed by atoms with Crippen LogP contribution >= 0.6 is 0 Å². The fourth-order valence-electron chi connectivity index (χ4n) is 7.48. The van der Waals surface area contributed by atoms with Gasteiger partial charge in [-0.25, -0.2) is 0 Å². The largest absolute Gasteiger partial charge is 0.456 e. The van der Waals surface area contributed by atoms with Gasteiger partial charge in [-0.15, -0.1) is 0 Å². The third-order valence-corrected chi connectivity index (χ3v) is 10.3. The van der Waals surface area contributed by atoms with Crippen molar-refractivity contribution in [2.75, 3.05) is 0 Å². The highest BCUT2D eigenvalue weighted by Crippen LogP contribution is 2.50. The van der Waals surface area contributed by atoms with Gasteiger partial charge in [-0.05, 0) is 83.4 Å². The summed E-state index contributed by atoms with van der Waals surface area (Å²) in [5.41, 5.74) is 17.9. The minimum atomic E-state index is -0.672. The van der Waals surface area contributed by atoms with E-state index in [2.05, 4.69) is 142 Å².